The summed E-state index contributed by atoms with van der Waals surface area (Å²) in [5, 5.41) is 3.74. The van der Waals surface area contributed by atoms with E-state index >= 15 is 0 Å². The summed E-state index contributed by atoms with van der Waals surface area (Å²) in [6, 6.07) is 2.32. The average molecular weight is 314 g/mol. The predicted octanol–water partition coefficient (Wildman–Crippen LogP) is 2.86. The molecule has 0 bridgehead atoms. The lowest BCUT2D eigenvalue weighted by Crippen LogP contribution is -2.34. The molecule has 5 nitrogen and oxygen atoms in total. The Morgan fingerprint density at radius 2 is 2.17 bits per heavy atom. The van der Waals surface area contributed by atoms with E-state index in [1.165, 1.54) is 11.1 Å². The number of rotatable bonds is 6. The Kier molecular flexibility index (Phi) is 5.41. The third-order valence-corrected chi connectivity index (χ3v) is 4.76. The van der Waals surface area contributed by atoms with Gasteiger partial charge in [-0.3, -0.25) is 4.98 Å². The van der Waals surface area contributed by atoms with Gasteiger partial charge >= 0.3 is 0 Å². The fraction of sp³-hybridized carbons (Fsp3) is 0.556. The van der Waals surface area contributed by atoms with E-state index in [-0.39, 0.29) is 6.04 Å². The molecule has 1 saturated heterocycles. The van der Waals surface area contributed by atoms with Crippen LogP contribution >= 0.6 is 0 Å². The Labute approximate surface area is 138 Å². The van der Waals surface area contributed by atoms with Crippen LogP contribution in [0.15, 0.2) is 30.9 Å². The molecule has 3 rings (SSSR count). The van der Waals surface area contributed by atoms with Crippen LogP contribution in [0.3, 0.4) is 0 Å². The molecule has 0 aliphatic carbocycles. The molecule has 0 unspecified atom stereocenters. The van der Waals surface area contributed by atoms with Crippen molar-refractivity contribution in [2.45, 2.75) is 45.8 Å². The van der Waals surface area contributed by atoms with Crippen LogP contribution < -0.4 is 5.32 Å². The van der Waals surface area contributed by atoms with E-state index in [1.54, 1.807) is 0 Å². The monoisotopic (exact) mass is 314 g/mol. The third kappa shape index (κ3) is 3.79. The first kappa shape index (κ1) is 16.1. The van der Waals surface area contributed by atoms with Crippen molar-refractivity contribution in [2.75, 3.05) is 13.2 Å². The molecular formula is C18H26N4O. The van der Waals surface area contributed by atoms with Crippen molar-refractivity contribution in [1.82, 2.24) is 19.9 Å². The van der Waals surface area contributed by atoms with Gasteiger partial charge in [0, 0.05) is 51.1 Å². The van der Waals surface area contributed by atoms with Crippen molar-refractivity contribution >= 4 is 0 Å². The van der Waals surface area contributed by atoms with Gasteiger partial charge in [0.2, 0.25) is 0 Å². The summed E-state index contributed by atoms with van der Waals surface area (Å²) in [5.41, 5.74) is 2.52. The summed E-state index contributed by atoms with van der Waals surface area (Å²) in [6.45, 7) is 7.76. The second-order valence-electron chi connectivity index (χ2n) is 6.18. The number of hydrogen-bond acceptors (Lipinski definition) is 4. The van der Waals surface area contributed by atoms with E-state index in [0.29, 0.717) is 5.92 Å². The first-order valence-electron chi connectivity index (χ1n) is 8.51. The molecule has 0 spiro atoms. The van der Waals surface area contributed by atoms with E-state index in [2.05, 4.69) is 46.0 Å². The zero-order valence-electron chi connectivity index (χ0n) is 14.0. The number of hydrogen-bond donors (Lipinski definition) is 1. The largest absolute Gasteiger partial charge is 0.381 e. The summed E-state index contributed by atoms with van der Waals surface area (Å²) in [6.07, 6.45) is 9.94. The van der Waals surface area contributed by atoms with Crippen LogP contribution in [-0.2, 0) is 17.8 Å². The normalized spacial score (nSPS) is 17.3. The molecule has 1 atom stereocenters. The quantitative estimate of drug-likeness (QED) is 0.891. The molecule has 1 aliphatic rings. The summed E-state index contributed by atoms with van der Waals surface area (Å²) in [7, 11) is 0. The number of aryl methyl sites for hydroxylation is 2. The topological polar surface area (TPSA) is 52.0 Å². The maximum Gasteiger partial charge on any atom is 0.126 e. The van der Waals surface area contributed by atoms with E-state index in [0.717, 1.165) is 45.0 Å². The van der Waals surface area contributed by atoms with Crippen LogP contribution in [0, 0.1) is 12.8 Å². The zero-order chi connectivity index (χ0) is 16.1. The molecule has 124 valence electrons. The van der Waals surface area contributed by atoms with Gasteiger partial charge in [-0.05, 0) is 49.8 Å². The molecule has 2 aromatic heterocycles. The Balaban J connectivity index is 1.79. The van der Waals surface area contributed by atoms with Crippen LogP contribution in [0.25, 0.3) is 0 Å². The minimum atomic E-state index is 0.258. The summed E-state index contributed by atoms with van der Waals surface area (Å²) >= 11 is 0. The Morgan fingerprint density at radius 3 is 2.91 bits per heavy atom. The van der Waals surface area contributed by atoms with Crippen LogP contribution in [0.4, 0.5) is 0 Å². The minimum absolute atomic E-state index is 0.258. The van der Waals surface area contributed by atoms with Crippen molar-refractivity contribution in [3.63, 3.8) is 0 Å². The van der Waals surface area contributed by atoms with Gasteiger partial charge < -0.3 is 14.6 Å². The summed E-state index contributed by atoms with van der Waals surface area (Å²) in [5.74, 6) is 1.70. The molecule has 3 heterocycles. The van der Waals surface area contributed by atoms with Crippen LogP contribution in [-0.4, -0.2) is 27.7 Å². The van der Waals surface area contributed by atoms with Gasteiger partial charge in [-0.15, -0.1) is 0 Å². The number of nitrogens with one attached hydrogen (secondary N) is 1. The van der Waals surface area contributed by atoms with Crippen LogP contribution in [0.2, 0.25) is 0 Å². The molecule has 0 amide bonds. The SMILES string of the molecule is CCn1ccnc1[C@H](NCc1cnccc1C)C1CCOCC1. The minimum Gasteiger partial charge on any atom is -0.381 e. The molecule has 0 saturated carbocycles. The highest BCUT2D eigenvalue weighted by molar-refractivity contribution is 5.21. The van der Waals surface area contributed by atoms with Gasteiger partial charge in [-0.2, -0.15) is 0 Å². The second-order valence-corrected chi connectivity index (χ2v) is 6.18. The van der Waals surface area contributed by atoms with Crippen LogP contribution in [0.5, 0.6) is 0 Å². The van der Waals surface area contributed by atoms with Crippen LogP contribution in [0.1, 0.15) is 42.8 Å². The second kappa shape index (κ2) is 7.70. The number of aromatic nitrogens is 3. The standard InChI is InChI=1S/C18H26N4O/c1-3-22-9-8-20-18(22)17(15-5-10-23-11-6-15)21-13-16-12-19-7-4-14(16)2/h4,7-9,12,15,17,21H,3,5-6,10-11,13H2,1-2H3/t17-/m1/s1. The Bertz CT molecular complexity index is 619. The Morgan fingerprint density at radius 1 is 1.35 bits per heavy atom. The van der Waals surface area contributed by atoms with Gasteiger partial charge in [0.15, 0.2) is 0 Å². The first-order valence-corrected chi connectivity index (χ1v) is 8.51. The van der Waals surface area contributed by atoms with Crippen molar-refractivity contribution in [2.24, 2.45) is 5.92 Å². The van der Waals surface area contributed by atoms with E-state index in [9.17, 15) is 0 Å². The number of pyridine rings is 1. The molecular weight excluding hydrogens is 288 g/mol. The highest BCUT2D eigenvalue weighted by Crippen LogP contribution is 2.29. The number of ether oxygens (including phenoxy) is 1. The highest BCUT2D eigenvalue weighted by atomic mass is 16.5. The Hall–Kier alpha value is -1.72. The van der Waals surface area contributed by atoms with Crippen molar-refractivity contribution in [1.29, 1.82) is 0 Å². The molecule has 0 radical (unpaired) electrons. The molecule has 0 aromatic carbocycles. The fourth-order valence-corrected chi connectivity index (χ4v) is 3.29. The fourth-order valence-electron chi connectivity index (χ4n) is 3.29. The first-order chi connectivity index (χ1) is 11.3. The maximum atomic E-state index is 5.54. The van der Waals surface area contributed by atoms with E-state index < -0.39 is 0 Å². The molecule has 2 aromatic rings. The molecule has 1 aliphatic heterocycles. The smallest absolute Gasteiger partial charge is 0.126 e. The maximum absolute atomic E-state index is 5.54. The van der Waals surface area contributed by atoms with Crippen molar-refractivity contribution in [3.05, 3.63) is 47.8 Å². The van der Waals surface area contributed by atoms with Gasteiger partial charge in [-0.25, -0.2) is 4.98 Å². The highest BCUT2D eigenvalue weighted by Gasteiger charge is 2.28. The van der Waals surface area contributed by atoms with Gasteiger partial charge in [-0.1, -0.05) is 0 Å². The molecule has 1 N–H and O–H groups in total. The summed E-state index contributed by atoms with van der Waals surface area (Å²) < 4.78 is 7.78. The van der Waals surface area contributed by atoms with Gasteiger partial charge in [0.25, 0.3) is 0 Å². The van der Waals surface area contributed by atoms with Gasteiger partial charge in [0.05, 0.1) is 6.04 Å². The number of imidazole rings is 1. The lowest BCUT2D eigenvalue weighted by molar-refractivity contribution is 0.0517. The molecule has 1 fully saturated rings. The molecule has 5 heteroatoms. The average Bonchev–Trinajstić information content (AvgIpc) is 3.06. The van der Waals surface area contributed by atoms with E-state index in [1.807, 2.05) is 18.6 Å². The zero-order valence-corrected chi connectivity index (χ0v) is 14.0. The lowest BCUT2D eigenvalue weighted by atomic mass is 9.90. The number of nitrogens with zero attached hydrogens (tertiary/aromatic N) is 3. The van der Waals surface area contributed by atoms with Crippen molar-refractivity contribution in [3.8, 4) is 0 Å². The van der Waals surface area contributed by atoms with E-state index in [4.69, 9.17) is 4.74 Å². The summed E-state index contributed by atoms with van der Waals surface area (Å²) in [4.78, 5) is 8.89. The molecule has 23 heavy (non-hydrogen) atoms. The van der Waals surface area contributed by atoms with Gasteiger partial charge in [0.1, 0.15) is 5.82 Å². The van der Waals surface area contributed by atoms with Crippen molar-refractivity contribution < 1.29 is 4.74 Å². The predicted molar refractivity (Wildman–Crippen MR) is 90.0 cm³/mol. The lowest BCUT2D eigenvalue weighted by Gasteiger charge is -2.31. The third-order valence-electron chi connectivity index (χ3n) is 4.76.